The van der Waals surface area contributed by atoms with Gasteiger partial charge in [-0.25, -0.2) is 13.8 Å². The zero-order valence-corrected chi connectivity index (χ0v) is 11.4. The number of halogens is 2. The average Bonchev–Trinajstić information content (AvgIpc) is 2.93. The van der Waals surface area contributed by atoms with E-state index in [4.69, 9.17) is 0 Å². The third-order valence-corrected chi connectivity index (χ3v) is 3.87. The molecule has 1 aliphatic rings. The third kappa shape index (κ3) is 2.33. The lowest BCUT2D eigenvalue weighted by Gasteiger charge is -2.24. The second kappa shape index (κ2) is 5.32. The molecule has 20 heavy (non-hydrogen) atoms. The van der Waals surface area contributed by atoms with Gasteiger partial charge in [-0.15, -0.1) is 0 Å². The number of imidazole rings is 1. The Morgan fingerprint density at radius 1 is 1.30 bits per heavy atom. The molecular formula is C15H17F2N3. The second-order valence-electron chi connectivity index (χ2n) is 5.28. The van der Waals surface area contributed by atoms with E-state index < -0.39 is 11.6 Å². The fourth-order valence-electron chi connectivity index (χ4n) is 2.73. The SMILES string of the molecule is Cc1cc(F)c(-n2cncc2C2CCCNC2)cc1F. The number of aromatic nitrogens is 2. The summed E-state index contributed by atoms with van der Waals surface area (Å²) in [7, 11) is 0. The molecule has 106 valence electrons. The zero-order chi connectivity index (χ0) is 14.1. The van der Waals surface area contributed by atoms with Gasteiger partial charge in [-0.05, 0) is 37.9 Å². The lowest BCUT2D eigenvalue weighted by molar-refractivity contribution is 0.449. The predicted molar refractivity (Wildman–Crippen MR) is 73.1 cm³/mol. The van der Waals surface area contributed by atoms with Crippen LogP contribution in [0.3, 0.4) is 0 Å². The highest BCUT2D eigenvalue weighted by atomic mass is 19.1. The molecule has 1 aromatic carbocycles. The molecule has 0 aliphatic carbocycles. The first-order chi connectivity index (χ1) is 9.66. The molecule has 1 N–H and O–H groups in total. The van der Waals surface area contributed by atoms with Crippen LogP contribution in [-0.4, -0.2) is 22.6 Å². The van der Waals surface area contributed by atoms with Gasteiger partial charge in [-0.3, -0.25) is 4.57 Å². The fourth-order valence-corrected chi connectivity index (χ4v) is 2.73. The average molecular weight is 277 g/mol. The molecule has 3 nitrogen and oxygen atoms in total. The van der Waals surface area contributed by atoms with Crippen LogP contribution in [0, 0.1) is 18.6 Å². The predicted octanol–water partition coefficient (Wildman–Crippen LogP) is 2.93. The van der Waals surface area contributed by atoms with E-state index in [2.05, 4.69) is 10.3 Å². The minimum Gasteiger partial charge on any atom is -0.316 e. The third-order valence-electron chi connectivity index (χ3n) is 3.87. The number of nitrogens with zero attached hydrogens (tertiary/aromatic N) is 2. The molecular weight excluding hydrogens is 260 g/mol. The Balaban J connectivity index is 2.03. The molecule has 0 saturated carbocycles. The normalized spacial score (nSPS) is 19.2. The Hall–Kier alpha value is -1.75. The van der Waals surface area contributed by atoms with Gasteiger partial charge in [0.05, 0.1) is 12.0 Å². The molecule has 1 aliphatic heterocycles. The number of benzene rings is 1. The molecule has 1 atom stereocenters. The summed E-state index contributed by atoms with van der Waals surface area (Å²) in [5, 5.41) is 3.33. The summed E-state index contributed by atoms with van der Waals surface area (Å²) in [5.74, 6) is -0.537. The van der Waals surface area contributed by atoms with Gasteiger partial charge in [0.15, 0.2) is 0 Å². The van der Waals surface area contributed by atoms with Gasteiger partial charge < -0.3 is 5.32 Å². The van der Waals surface area contributed by atoms with Crippen molar-refractivity contribution in [2.75, 3.05) is 13.1 Å². The highest BCUT2D eigenvalue weighted by molar-refractivity contribution is 5.39. The van der Waals surface area contributed by atoms with Crippen molar-refractivity contribution in [1.29, 1.82) is 0 Å². The molecule has 1 fully saturated rings. The topological polar surface area (TPSA) is 29.9 Å². The Morgan fingerprint density at radius 2 is 2.15 bits per heavy atom. The molecule has 0 radical (unpaired) electrons. The van der Waals surface area contributed by atoms with Crippen LogP contribution >= 0.6 is 0 Å². The van der Waals surface area contributed by atoms with E-state index in [0.29, 0.717) is 5.56 Å². The maximum absolute atomic E-state index is 14.1. The Bertz CT molecular complexity index is 616. The minimum atomic E-state index is -0.424. The summed E-state index contributed by atoms with van der Waals surface area (Å²) in [6.07, 6.45) is 5.42. The lowest BCUT2D eigenvalue weighted by Crippen LogP contribution is -2.29. The van der Waals surface area contributed by atoms with Crippen LogP contribution in [0.4, 0.5) is 8.78 Å². The number of hydrogen-bond acceptors (Lipinski definition) is 2. The maximum Gasteiger partial charge on any atom is 0.147 e. The van der Waals surface area contributed by atoms with Crippen molar-refractivity contribution in [2.24, 2.45) is 0 Å². The smallest absolute Gasteiger partial charge is 0.147 e. The molecule has 2 aromatic rings. The zero-order valence-electron chi connectivity index (χ0n) is 11.4. The lowest BCUT2D eigenvalue weighted by atomic mass is 9.96. The van der Waals surface area contributed by atoms with Crippen molar-refractivity contribution in [1.82, 2.24) is 14.9 Å². The Kier molecular flexibility index (Phi) is 3.53. The highest BCUT2D eigenvalue weighted by Crippen LogP contribution is 2.27. The summed E-state index contributed by atoms with van der Waals surface area (Å²) in [4.78, 5) is 4.11. The summed E-state index contributed by atoms with van der Waals surface area (Å²) in [5.41, 5.74) is 1.47. The molecule has 1 aromatic heterocycles. The van der Waals surface area contributed by atoms with E-state index in [-0.39, 0.29) is 11.6 Å². The molecule has 0 amide bonds. The van der Waals surface area contributed by atoms with Gasteiger partial charge in [0.1, 0.15) is 11.6 Å². The van der Waals surface area contributed by atoms with Crippen LogP contribution in [0.1, 0.15) is 30.0 Å². The monoisotopic (exact) mass is 277 g/mol. The van der Waals surface area contributed by atoms with Gasteiger partial charge in [0.25, 0.3) is 0 Å². The van der Waals surface area contributed by atoms with Gasteiger partial charge in [-0.1, -0.05) is 0 Å². The highest BCUT2D eigenvalue weighted by Gasteiger charge is 2.21. The summed E-state index contributed by atoms with van der Waals surface area (Å²) in [6, 6.07) is 2.47. The van der Waals surface area contributed by atoms with Crippen LogP contribution in [0.25, 0.3) is 5.69 Å². The van der Waals surface area contributed by atoms with E-state index in [0.717, 1.165) is 31.6 Å². The molecule has 2 heterocycles. The standard InChI is InChI=1S/C15H17F2N3/c1-10-5-13(17)14(6-12(10)16)20-9-19-8-15(20)11-3-2-4-18-7-11/h5-6,8-9,11,18H,2-4,7H2,1H3. The first-order valence-corrected chi connectivity index (χ1v) is 6.86. The van der Waals surface area contributed by atoms with E-state index in [1.807, 2.05) is 0 Å². The van der Waals surface area contributed by atoms with E-state index >= 15 is 0 Å². The number of aryl methyl sites for hydroxylation is 1. The van der Waals surface area contributed by atoms with Crippen molar-refractivity contribution in [3.63, 3.8) is 0 Å². The summed E-state index contributed by atoms with van der Waals surface area (Å²) < 4.78 is 29.5. The van der Waals surface area contributed by atoms with Gasteiger partial charge in [0, 0.05) is 30.4 Å². The van der Waals surface area contributed by atoms with Crippen molar-refractivity contribution in [3.05, 3.63) is 47.5 Å². The summed E-state index contributed by atoms with van der Waals surface area (Å²) in [6.45, 7) is 3.42. The molecule has 0 bridgehead atoms. The second-order valence-corrected chi connectivity index (χ2v) is 5.28. The van der Waals surface area contributed by atoms with Crippen molar-refractivity contribution in [2.45, 2.75) is 25.7 Å². The molecule has 3 rings (SSSR count). The molecule has 1 saturated heterocycles. The number of hydrogen-bond donors (Lipinski definition) is 1. The van der Waals surface area contributed by atoms with Gasteiger partial charge >= 0.3 is 0 Å². The van der Waals surface area contributed by atoms with E-state index in [1.54, 1.807) is 24.0 Å². The van der Waals surface area contributed by atoms with Crippen LogP contribution in [0.15, 0.2) is 24.7 Å². The van der Waals surface area contributed by atoms with Crippen molar-refractivity contribution in [3.8, 4) is 5.69 Å². The van der Waals surface area contributed by atoms with Crippen LogP contribution in [0.5, 0.6) is 0 Å². The fraction of sp³-hybridized carbons (Fsp3) is 0.400. The minimum absolute atomic E-state index is 0.228. The molecule has 5 heteroatoms. The number of nitrogens with one attached hydrogen (secondary N) is 1. The van der Waals surface area contributed by atoms with Crippen molar-refractivity contribution >= 4 is 0 Å². The largest absolute Gasteiger partial charge is 0.316 e. The van der Waals surface area contributed by atoms with Gasteiger partial charge in [0.2, 0.25) is 0 Å². The molecule has 0 spiro atoms. The molecule has 1 unspecified atom stereocenters. The number of rotatable bonds is 2. The van der Waals surface area contributed by atoms with Crippen LogP contribution < -0.4 is 5.32 Å². The number of piperidine rings is 1. The van der Waals surface area contributed by atoms with Crippen molar-refractivity contribution < 1.29 is 8.78 Å². The van der Waals surface area contributed by atoms with Crippen LogP contribution in [0.2, 0.25) is 0 Å². The quantitative estimate of drug-likeness (QED) is 0.914. The Morgan fingerprint density at radius 3 is 2.90 bits per heavy atom. The first kappa shape index (κ1) is 13.2. The van der Waals surface area contributed by atoms with E-state index in [1.165, 1.54) is 12.1 Å². The summed E-state index contributed by atoms with van der Waals surface area (Å²) >= 11 is 0. The van der Waals surface area contributed by atoms with E-state index in [9.17, 15) is 8.78 Å². The van der Waals surface area contributed by atoms with Gasteiger partial charge in [-0.2, -0.15) is 0 Å². The first-order valence-electron chi connectivity index (χ1n) is 6.86. The Labute approximate surface area is 116 Å². The maximum atomic E-state index is 14.1. The van der Waals surface area contributed by atoms with Crippen LogP contribution in [-0.2, 0) is 0 Å².